The fraction of sp³-hybridized carbons (Fsp3) is 0. The molecular weight excluding hydrogens is 418 g/mol. The maximum absolute atomic E-state index is 6.28. The van der Waals surface area contributed by atoms with Crippen molar-refractivity contribution in [1.29, 1.82) is 0 Å². The normalized spacial score (nSPS) is 11.5. The topological polar surface area (TPSA) is 43.9 Å². The van der Waals surface area contributed by atoms with E-state index in [4.69, 9.17) is 9.40 Å². The monoisotopic (exact) mass is 437 g/mol. The summed E-state index contributed by atoms with van der Waals surface area (Å²) in [7, 11) is 0. The van der Waals surface area contributed by atoms with Crippen LogP contribution in [0.4, 0.5) is 0 Å². The third kappa shape index (κ3) is 2.79. The van der Waals surface area contributed by atoms with Crippen molar-refractivity contribution in [2.45, 2.75) is 0 Å². The fourth-order valence-electron chi connectivity index (χ4n) is 4.79. The van der Waals surface area contributed by atoms with Crippen LogP contribution in [-0.2, 0) is 0 Å². The number of benzene rings is 4. The van der Waals surface area contributed by atoms with Gasteiger partial charge in [0.1, 0.15) is 11.4 Å². The molecule has 0 aliphatic rings. The molecule has 0 aliphatic carbocycles. The van der Waals surface area contributed by atoms with Gasteiger partial charge in [0.25, 0.3) is 0 Å². The van der Waals surface area contributed by atoms with Crippen molar-refractivity contribution in [3.8, 4) is 28.2 Å². The molecule has 3 heterocycles. The predicted octanol–water partition coefficient (Wildman–Crippen LogP) is 7.65. The third-order valence-electron chi connectivity index (χ3n) is 6.31. The first-order chi connectivity index (χ1) is 16.9. The van der Waals surface area contributed by atoms with Gasteiger partial charge in [-0.1, -0.05) is 72.8 Å². The van der Waals surface area contributed by atoms with E-state index < -0.39 is 0 Å². The lowest BCUT2D eigenvalue weighted by Crippen LogP contribution is -2.00. The predicted molar refractivity (Wildman–Crippen MR) is 137 cm³/mol. The zero-order valence-corrected chi connectivity index (χ0v) is 18.2. The molecule has 0 fully saturated rings. The number of hydrogen-bond donors (Lipinski definition) is 0. The molecule has 7 aromatic rings. The van der Waals surface area contributed by atoms with Crippen molar-refractivity contribution in [2.24, 2.45) is 0 Å². The quantitative estimate of drug-likeness (QED) is 0.285. The van der Waals surface area contributed by atoms with Crippen LogP contribution in [0, 0.1) is 0 Å². The number of aromatic nitrogens is 3. The number of rotatable bonds is 3. The minimum atomic E-state index is 0.636. The lowest BCUT2D eigenvalue weighted by Gasteiger charge is -2.15. The minimum absolute atomic E-state index is 0.636. The van der Waals surface area contributed by atoms with E-state index in [2.05, 4.69) is 94.5 Å². The second kappa shape index (κ2) is 7.42. The molecule has 0 saturated heterocycles. The Bertz CT molecular complexity index is 1810. The molecule has 7 rings (SSSR count). The zero-order valence-electron chi connectivity index (χ0n) is 18.2. The second-order valence-electron chi connectivity index (χ2n) is 8.28. The molecule has 160 valence electrons. The van der Waals surface area contributed by atoms with Crippen LogP contribution in [0.3, 0.4) is 0 Å². The lowest BCUT2D eigenvalue weighted by atomic mass is 10.0. The van der Waals surface area contributed by atoms with Crippen LogP contribution in [0.2, 0.25) is 0 Å². The molecule has 34 heavy (non-hydrogen) atoms. The third-order valence-corrected chi connectivity index (χ3v) is 6.31. The molecule has 0 N–H and O–H groups in total. The van der Waals surface area contributed by atoms with Crippen molar-refractivity contribution in [3.05, 3.63) is 115 Å². The number of imidazole rings is 1. The van der Waals surface area contributed by atoms with Gasteiger partial charge in [-0.05, 0) is 42.0 Å². The van der Waals surface area contributed by atoms with Crippen molar-refractivity contribution in [1.82, 2.24) is 14.5 Å². The van der Waals surface area contributed by atoms with Gasteiger partial charge in [0, 0.05) is 22.5 Å². The molecule has 0 spiro atoms. The van der Waals surface area contributed by atoms with Crippen LogP contribution in [0.25, 0.3) is 61.3 Å². The molecule has 0 radical (unpaired) electrons. The Balaban J connectivity index is 1.58. The Kier molecular flexibility index (Phi) is 4.11. The second-order valence-corrected chi connectivity index (χ2v) is 8.28. The number of para-hydroxylation sites is 4. The van der Waals surface area contributed by atoms with E-state index in [-0.39, 0.29) is 0 Å². The Hall–Kier alpha value is -4.70. The number of hydrogen-bond acceptors (Lipinski definition) is 3. The van der Waals surface area contributed by atoms with Gasteiger partial charge in [0.15, 0.2) is 0 Å². The molecule has 0 atom stereocenters. The van der Waals surface area contributed by atoms with Gasteiger partial charge < -0.3 is 4.42 Å². The Morgan fingerprint density at radius 2 is 1.38 bits per heavy atom. The molecule has 4 aromatic carbocycles. The van der Waals surface area contributed by atoms with E-state index in [0.29, 0.717) is 5.71 Å². The Labute approximate surface area is 195 Å². The smallest absolute Gasteiger partial charge is 0.227 e. The molecule has 0 saturated carbocycles. The number of fused-ring (bicyclic) bond motifs is 4. The summed E-state index contributed by atoms with van der Waals surface area (Å²) in [6.45, 7) is 0. The number of nitrogens with zero attached hydrogens (tertiary/aromatic N) is 3. The summed E-state index contributed by atoms with van der Waals surface area (Å²) >= 11 is 0. The molecule has 0 unspecified atom stereocenters. The van der Waals surface area contributed by atoms with E-state index >= 15 is 0 Å². The van der Waals surface area contributed by atoms with E-state index in [0.717, 1.165) is 55.6 Å². The number of furan rings is 1. The van der Waals surface area contributed by atoms with Crippen LogP contribution >= 0.6 is 0 Å². The van der Waals surface area contributed by atoms with Gasteiger partial charge in [-0.15, -0.1) is 0 Å². The van der Waals surface area contributed by atoms with Gasteiger partial charge in [-0.25, -0.2) is 9.97 Å². The average molecular weight is 438 g/mol. The van der Waals surface area contributed by atoms with Crippen LogP contribution in [0.5, 0.6) is 0 Å². The SMILES string of the molecule is c1ccc(-c2ccccc2-n2c(-c3cccc4c3oc3ncccc34)nc3ccccc32)cc1. The highest BCUT2D eigenvalue weighted by Gasteiger charge is 2.21. The fourth-order valence-corrected chi connectivity index (χ4v) is 4.79. The van der Waals surface area contributed by atoms with Crippen molar-refractivity contribution < 1.29 is 4.42 Å². The van der Waals surface area contributed by atoms with Crippen LogP contribution < -0.4 is 0 Å². The summed E-state index contributed by atoms with van der Waals surface area (Å²) in [5.74, 6) is 0.842. The van der Waals surface area contributed by atoms with Gasteiger partial charge in [-0.3, -0.25) is 4.57 Å². The van der Waals surface area contributed by atoms with E-state index in [9.17, 15) is 0 Å². The van der Waals surface area contributed by atoms with E-state index in [1.807, 2.05) is 24.3 Å². The van der Waals surface area contributed by atoms with E-state index in [1.54, 1.807) is 6.20 Å². The highest BCUT2D eigenvalue weighted by atomic mass is 16.3. The standard InChI is InChI=1S/C30H19N3O/c1-2-10-20(11-3-1)21-12-4-6-17-26(21)33-27-18-7-5-16-25(27)32-29(33)24-14-8-13-22-23-15-9-19-31-30(23)34-28(22)24/h1-19H. The summed E-state index contributed by atoms with van der Waals surface area (Å²) < 4.78 is 8.52. The number of pyridine rings is 1. The Morgan fingerprint density at radius 1 is 0.618 bits per heavy atom. The van der Waals surface area contributed by atoms with Crippen molar-refractivity contribution in [2.75, 3.05) is 0 Å². The highest BCUT2D eigenvalue weighted by molar-refractivity contribution is 6.08. The van der Waals surface area contributed by atoms with Gasteiger partial charge in [0.2, 0.25) is 5.71 Å². The van der Waals surface area contributed by atoms with Gasteiger partial charge in [-0.2, -0.15) is 0 Å². The first kappa shape index (κ1) is 18.8. The molecule has 3 aromatic heterocycles. The first-order valence-corrected chi connectivity index (χ1v) is 11.3. The molecule has 0 aliphatic heterocycles. The summed E-state index contributed by atoms with van der Waals surface area (Å²) in [6.07, 6.45) is 1.76. The summed E-state index contributed by atoms with van der Waals surface area (Å²) in [5, 5.41) is 2.04. The van der Waals surface area contributed by atoms with Crippen LogP contribution in [0.15, 0.2) is 120 Å². The maximum atomic E-state index is 6.28. The summed E-state index contributed by atoms with van der Waals surface area (Å²) in [5.41, 5.74) is 7.73. The van der Waals surface area contributed by atoms with Crippen molar-refractivity contribution >= 4 is 33.1 Å². The van der Waals surface area contributed by atoms with Gasteiger partial charge >= 0.3 is 0 Å². The molecule has 4 heteroatoms. The lowest BCUT2D eigenvalue weighted by molar-refractivity contribution is 0.654. The largest absolute Gasteiger partial charge is 0.437 e. The molecule has 0 amide bonds. The highest BCUT2D eigenvalue weighted by Crippen LogP contribution is 2.38. The summed E-state index contributed by atoms with van der Waals surface area (Å²) in [4.78, 5) is 9.53. The average Bonchev–Trinajstić information content (AvgIpc) is 3.48. The Morgan fingerprint density at radius 3 is 2.32 bits per heavy atom. The van der Waals surface area contributed by atoms with Crippen LogP contribution in [-0.4, -0.2) is 14.5 Å². The zero-order chi connectivity index (χ0) is 22.5. The molecule has 4 nitrogen and oxygen atoms in total. The maximum Gasteiger partial charge on any atom is 0.227 e. The van der Waals surface area contributed by atoms with Crippen LogP contribution in [0.1, 0.15) is 0 Å². The molecule has 0 bridgehead atoms. The van der Waals surface area contributed by atoms with E-state index in [1.165, 1.54) is 0 Å². The van der Waals surface area contributed by atoms with Crippen molar-refractivity contribution in [3.63, 3.8) is 0 Å². The van der Waals surface area contributed by atoms with Gasteiger partial charge in [0.05, 0.1) is 22.3 Å². The summed E-state index contributed by atoms with van der Waals surface area (Å²) in [6, 6.07) is 37.4. The minimum Gasteiger partial charge on any atom is -0.437 e. The molecular formula is C30H19N3O. The first-order valence-electron chi connectivity index (χ1n) is 11.3.